The molecule has 0 atom stereocenters. The monoisotopic (exact) mass is 555 g/mol. The Bertz CT molecular complexity index is 1120. The van der Waals surface area contributed by atoms with Crippen LogP contribution in [0.3, 0.4) is 0 Å². The molecular formula is C32H42FNO6. The molecule has 1 aliphatic rings. The van der Waals surface area contributed by atoms with Gasteiger partial charge in [-0.2, -0.15) is 0 Å². The molecule has 0 unspecified atom stereocenters. The average molecular weight is 556 g/mol. The molecule has 3 rings (SSSR count). The number of rotatable bonds is 16. The second-order valence-electron chi connectivity index (χ2n) is 10.4. The molecule has 0 bridgehead atoms. The van der Waals surface area contributed by atoms with Crippen LogP contribution in [0.5, 0.6) is 11.5 Å². The van der Waals surface area contributed by atoms with Crippen LogP contribution in [-0.2, 0) is 9.53 Å². The number of ketones is 2. The van der Waals surface area contributed by atoms with Crippen molar-refractivity contribution in [1.29, 1.82) is 0 Å². The van der Waals surface area contributed by atoms with Crippen LogP contribution in [0.4, 0.5) is 4.39 Å². The number of nitrogens with zero attached hydrogens (tertiary/aromatic N) is 1. The number of benzene rings is 2. The number of Topliss-reactive ketones (excluding diaryl/α,β-unsaturated/α-hetero) is 2. The van der Waals surface area contributed by atoms with Crippen LogP contribution in [0.25, 0.3) is 0 Å². The first-order chi connectivity index (χ1) is 19.3. The van der Waals surface area contributed by atoms with Crippen molar-refractivity contribution < 1.29 is 33.0 Å². The van der Waals surface area contributed by atoms with Gasteiger partial charge in [0.05, 0.1) is 13.7 Å². The molecule has 1 heterocycles. The van der Waals surface area contributed by atoms with E-state index in [9.17, 15) is 18.8 Å². The lowest BCUT2D eigenvalue weighted by atomic mass is 9.83. The van der Waals surface area contributed by atoms with Gasteiger partial charge in [0.25, 0.3) is 0 Å². The Hall–Kier alpha value is -3.26. The summed E-state index contributed by atoms with van der Waals surface area (Å²) in [4.78, 5) is 40.2. The molecular weight excluding hydrogens is 513 g/mol. The van der Waals surface area contributed by atoms with E-state index in [1.54, 1.807) is 25.3 Å². The summed E-state index contributed by atoms with van der Waals surface area (Å²) in [5.41, 5.74) is -0.325. The van der Waals surface area contributed by atoms with E-state index < -0.39 is 11.4 Å². The smallest absolute Gasteiger partial charge is 0.306 e. The third-order valence-corrected chi connectivity index (χ3v) is 7.42. The normalized spacial score (nSPS) is 14.9. The highest BCUT2D eigenvalue weighted by atomic mass is 19.1. The predicted molar refractivity (Wildman–Crippen MR) is 152 cm³/mol. The molecule has 0 amide bonds. The van der Waals surface area contributed by atoms with Gasteiger partial charge in [0.1, 0.15) is 5.82 Å². The molecule has 0 aromatic heterocycles. The van der Waals surface area contributed by atoms with Gasteiger partial charge in [-0.1, -0.05) is 32.6 Å². The van der Waals surface area contributed by atoms with E-state index in [2.05, 4.69) is 11.8 Å². The second-order valence-corrected chi connectivity index (χ2v) is 10.4. The minimum absolute atomic E-state index is 0.0402. The molecule has 2 aromatic rings. The lowest BCUT2D eigenvalue weighted by molar-refractivity contribution is -0.159. The lowest BCUT2D eigenvalue weighted by Crippen LogP contribution is -2.52. The minimum Gasteiger partial charge on any atom is -0.493 e. The van der Waals surface area contributed by atoms with Crippen LogP contribution >= 0.6 is 0 Å². The molecule has 0 saturated carbocycles. The third kappa shape index (κ3) is 8.88. The number of piperidine rings is 1. The van der Waals surface area contributed by atoms with E-state index in [1.165, 1.54) is 31.2 Å². The number of unbranched alkanes of at least 4 members (excludes halogenated alkanes) is 4. The zero-order chi connectivity index (χ0) is 29.0. The molecule has 1 aliphatic heterocycles. The number of carbonyl (C=O) groups excluding carboxylic acids is 3. The van der Waals surface area contributed by atoms with Crippen LogP contribution < -0.4 is 9.47 Å². The van der Waals surface area contributed by atoms with E-state index in [4.69, 9.17) is 14.2 Å². The van der Waals surface area contributed by atoms with E-state index in [1.807, 2.05) is 0 Å². The predicted octanol–water partition coefficient (Wildman–Crippen LogP) is 6.43. The molecule has 0 N–H and O–H groups in total. The van der Waals surface area contributed by atoms with E-state index in [0.29, 0.717) is 61.6 Å². The molecule has 8 heteroatoms. The lowest BCUT2D eigenvalue weighted by Gasteiger charge is -2.40. The van der Waals surface area contributed by atoms with Crippen LogP contribution in [0.15, 0.2) is 42.5 Å². The quantitative estimate of drug-likeness (QED) is 0.134. The van der Waals surface area contributed by atoms with Crippen LogP contribution in [0, 0.1) is 5.82 Å². The maximum Gasteiger partial charge on any atom is 0.306 e. The Morgan fingerprint density at radius 3 is 2.23 bits per heavy atom. The van der Waals surface area contributed by atoms with Crippen molar-refractivity contribution in [2.45, 2.75) is 77.2 Å². The van der Waals surface area contributed by atoms with Crippen molar-refractivity contribution in [3.8, 4) is 11.5 Å². The van der Waals surface area contributed by atoms with Crippen molar-refractivity contribution in [3.05, 3.63) is 59.4 Å². The molecule has 0 spiro atoms. The number of methoxy groups -OCH3 is 1. The molecule has 2 aromatic carbocycles. The maximum atomic E-state index is 13.6. The van der Waals surface area contributed by atoms with Crippen molar-refractivity contribution in [2.24, 2.45) is 0 Å². The molecule has 7 nitrogen and oxygen atoms in total. The maximum absolute atomic E-state index is 13.6. The second kappa shape index (κ2) is 15.5. The Balaban J connectivity index is 1.55. The number of ether oxygens (including phenoxy) is 3. The summed E-state index contributed by atoms with van der Waals surface area (Å²) < 4.78 is 30.7. The molecule has 0 aliphatic carbocycles. The van der Waals surface area contributed by atoms with Crippen molar-refractivity contribution >= 4 is 17.5 Å². The highest BCUT2D eigenvalue weighted by Crippen LogP contribution is 2.32. The highest BCUT2D eigenvalue weighted by Gasteiger charge is 2.45. The number of hydrogen-bond donors (Lipinski definition) is 0. The van der Waals surface area contributed by atoms with Gasteiger partial charge < -0.3 is 19.1 Å². The van der Waals surface area contributed by atoms with Gasteiger partial charge in [0, 0.05) is 50.0 Å². The molecule has 0 radical (unpaired) electrons. The van der Waals surface area contributed by atoms with Crippen molar-refractivity contribution in [3.63, 3.8) is 0 Å². The van der Waals surface area contributed by atoms with E-state index in [-0.39, 0.29) is 17.5 Å². The Morgan fingerprint density at radius 2 is 1.57 bits per heavy atom. The summed E-state index contributed by atoms with van der Waals surface area (Å²) in [6.45, 7) is 6.04. The SMILES string of the molecule is CCCCCCCC(=O)OC1(C(=O)c2ccc(F)cc2)CCN(CCCOc2ccc(C(C)=O)cc2OC)CC1. The van der Waals surface area contributed by atoms with Crippen molar-refractivity contribution in [1.82, 2.24) is 4.90 Å². The van der Waals surface area contributed by atoms with E-state index >= 15 is 0 Å². The highest BCUT2D eigenvalue weighted by molar-refractivity contribution is 6.03. The summed E-state index contributed by atoms with van der Waals surface area (Å²) in [7, 11) is 1.54. The molecule has 40 heavy (non-hydrogen) atoms. The van der Waals surface area contributed by atoms with Crippen molar-refractivity contribution in [2.75, 3.05) is 33.4 Å². The molecule has 218 valence electrons. The number of esters is 1. The van der Waals surface area contributed by atoms with Gasteiger partial charge in [-0.05, 0) is 62.2 Å². The average Bonchev–Trinajstić information content (AvgIpc) is 2.96. The Labute approximate surface area is 237 Å². The van der Waals surface area contributed by atoms with Gasteiger partial charge in [-0.25, -0.2) is 4.39 Å². The van der Waals surface area contributed by atoms with Gasteiger partial charge in [0.2, 0.25) is 5.78 Å². The van der Waals surface area contributed by atoms with Gasteiger partial charge >= 0.3 is 5.97 Å². The molecule has 1 fully saturated rings. The largest absolute Gasteiger partial charge is 0.493 e. The zero-order valence-electron chi connectivity index (χ0n) is 24.0. The molecule has 1 saturated heterocycles. The summed E-state index contributed by atoms with van der Waals surface area (Å²) >= 11 is 0. The van der Waals surface area contributed by atoms with Gasteiger partial charge in [0.15, 0.2) is 22.9 Å². The fourth-order valence-electron chi connectivity index (χ4n) is 5.00. The van der Waals surface area contributed by atoms with Crippen LogP contribution in [0.1, 0.15) is 92.4 Å². The first-order valence-corrected chi connectivity index (χ1v) is 14.3. The Kier molecular flexibility index (Phi) is 12.1. The van der Waals surface area contributed by atoms with Crippen LogP contribution in [0.2, 0.25) is 0 Å². The number of likely N-dealkylation sites (tertiary alicyclic amines) is 1. The minimum atomic E-state index is -1.24. The Morgan fingerprint density at radius 1 is 0.900 bits per heavy atom. The van der Waals surface area contributed by atoms with Crippen LogP contribution in [-0.4, -0.2) is 61.4 Å². The summed E-state index contributed by atoms with van der Waals surface area (Å²) in [6.07, 6.45) is 6.86. The van der Waals surface area contributed by atoms with Gasteiger partial charge in [-0.3, -0.25) is 14.4 Å². The first-order valence-electron chi connectivity index (χ1n) is 14.3. The number of hydrogen-bond acceptors (Lipinski definition) is 7. The topological polar surface area (TPSA) is 82.1 Å². The number of halogens is 1. The summed E-state index contributed by atoms with van der Waals surface area (Å²) in [6, 6.07) is 10.6. The van der Waals surface area contributed by atoms with Gasteiger partial charge in [-0.15, -0.1) is 0 Å². The third-order valence-electron chi connectivity index (χ3n) is 7.42. The fourth-order valence-corrected chi connectivity index (χ4v) is 5.00. The first kappa shape index (κ1) is 31.3. The summed E-state index contributed by atoms with van der Waals surface area (Å²) in [5.74, 6) is 0.0220. The standard InChI is InChI=1S/C32H42FNO6/c1-4-5-6-7-8-10-30(36)40-32(31(37)25-11-14-27(33)15-12-25)17-20-34(21-18-32)19-9-22-39-28-16-13-26(24(2)35)23-29(28)38-3/h11-16,23H,4-10,17-22H2,1-3H3. The zero-order valence-corrected chi connectivity index (χ0v) is 24.0. The fraction of sp³-hybridized carbons (Fsp3) is 0.531. The van der Waals surface area contributed by atoms with E-state index in [0.717, 1.165) is 45.1 Å². The number of carbonyl (C=O) groups is 3. The summed E-state index contributed by atoms with van der Waals surface area (Å²) in [5, 5.41) is 0.